The van der Waals surface area contributed by atoms with Crippen molar-refractivity contribution in [3.8, 4) is 5.75 Å². The Labute approximate surface area is 138 Å². The number of aryl methyl sites for hydroxylation is 2. The Morgan fingerprint density at radius 2 is 1.96 bits per heavy atom. The second-order valence-corrected chi connectivity index (χ2v) is 6.50. The number of rotatable bonds is 6. The molecule has 128 valence electrons. The van der Waals surface area contributed by atoms with Crippen LogP contribution in [0.2, 0.25) is 0 Å². The standard InChI is InChI=1S/C18H28N2O3/c1-13-5-4-6-14(2)16(13)23-11-15(3)20-17(21)18(12-19)7-9-22-10-8-18/h4-6,15H,7-12,19H2,1-3H3,(H,20,21). The average Bonchev–Trinajstić information content (AvgIpc) is 2.55. The van der Waals surface area contributed by atoms with Crippen molar-refractivity contribution in [3.63, 3.8) is 0 Å². The van der Waals surface area contributed by atoms with E-state index in [1.165, 1.54) is 0 Å². The Morgan fingerprint density at radius 1 is 1.35 bits per heavy atom. The molecule has 1 amide bonds. The Morgan fingerprint density at radius 3 is 2.52 bits per heavy atom. The minimum atomic E-state index is -0.495. The van der Waals surface area contributed by atoms with Gasteiger partial charge >= 0.3 is 0 Å². The number of ether oxygens (including phenoxy) is 2. The van der Waals surface area contributed by atoms with Crippen molar-refractivity contribution in [1.82, 2.24) is 5.32 Å². The van der Waals surface area contributed by atoms with Crippen LogP contribution in [0.15, 0.2) is 18.2 Å². The van der Waals surface area contributed by atoms with E-state index in [9.17, 15) is 4.79 Å². The van der Waals surface area contributed by atoms with Crippen LogP contribution in [0, 0.1) is 19.3 Å². The molecular formula is C18H28N2O3. The number of nitrogens with two attached hydrogens (primary N) is 1. The summed E-state index contributed by atoms with van der Waals surface area (Å²) in [5.41, 5.74) is 7.58. The van der Waals surface area contributed by atoms with E-state index >= 15 is 0 Å². The van der Waals surface area contributed by atoms with E-state index in [0.29, 0.717) is 39.2 Å². The SMILES string of the molecule is Cc1cccc(C)c1OCC(C)NC(=O)C1(CN)CCOCC1. The van der Waals surface area contributed by atoms with Gasteiger partial charge in [-0.25, -0.2) is 0 Å². The first-order chi connectivity index (χ1) is 11.0. The van der Waals surface area contributed by atoms with Crippen LogP contribution in [0.1, 0.15) is 30.9 Å². The molecule has 5 heteroatoms. The number of hydrogen-bond donors (Lipinski definition) is 2. The van der Waals surface area contributed by atoms with Gasteiger partial charge in [-0.2, -0.15) is 0 Å². The molecule has 0 saturated carbocycles. The highest BCUT2D eigenvalue weighted by molar-refractivity contribution is 5.83. The molecule has 2 rings (SSSR count). The van der Waals surface area contributed by atoms with Gasteiger partial charge in [-0.1, -0.05) is 18.2 Å². The van der Waals surface area contributed by atoms with E-state index < -0.39 is 5.41 Å². The number of benzene rings is 1. The summed E-state index contributed by atoms with van der Waals surface area (Å²) in [6.45, 7) is 7.99. The molecule has 1 unspecified atom stereocenters. The Balaban J connectivity index is 1.91. The monoisotopic (exact) mass is 320 g/mol. The molecule has 5 nitrogen and oxygen atoms in total. The number of amides is 1. The average molecular weight is 320 g/mol. The summed E-state index contributed by atoms with van der Waals surface area (Å²) in [6.07, 6.45) is 1.36. The van der Waals surface area contributed by atoms with Crippen molar-refractivity contribution >= 4 is 5.91 Å². The molecule has 0 bridgehead atoms. The number of carbonyl (C=O) groups excluding carboxylic acids is 1. The summed E-state index contributed by atoms with van der Waals surface area (Å²) in [6, 6.07) is 5.99. The molecule has 1 fully saturated rings. The van der Waals surface area contributed by atoms with E-state index in [1.54, 1.807) is 0 Å². The van der Waals surface area contributed by atoms with Crippen LogP contribution in [-0.2, 0) is 9.53 Å². The third kappa shape index (κ3) is 4.24. The third-order valence-corrected chi connectivity index (χ3v) is 4.59. The molecular weight excluding hydrogens is 292 g/mol. The first kappa shape index (κ1) is 17.8. The zero-order valence-electron chi connectivity index (χ0n) is 14.4. The minimum absolute atomic E-state index is 0.0147. The predicted octanol–water partition coefficient (Wildman–Crippen LogP) is 1.94. The summed E-state index contributed by atoms with van der Waals surface area (Å²) in [5.74, 6) is 0.911. The second-order valence-electron chi connectivity index (χ2n) is 6.50. The van der Waals surface area contributed by atoms with Gasteiger partial charge in [0.1, 0.15) is 12.4 Å². The van der Waals surface area contributed by atoms with Crippen molar-refractivity contribution in [2.45, 2.75) is 39.7 Å². The summed E-state index contributed by atoms with van der Waals surface area (Å²) in [5, 5.41) is 3.05. The highest BCUT2D eigenvalue weighted by Gasteiger charge is 2.39. The van der Waals surface area contributed by atoms with Crippen molar-refractivity contribution in [2.24, 2.45) is 11.1 Å². The highest BCUT2D eigenvalue weighted by atomic mass is 16.5. The first-order valence-corrected chi connectivity index (χ1v) is 8.26. The van der Waals surface area contributed by atoms with E-state index in [0.717, 1.165) is 16.9 Å². The van der Waals surface area contributed by atoms with E-state index in [4.69, 9.17) is 15.2 Å². The number of nitrogens with one attached hydrogen (secondary N) is 1. The van der Waals surface area contributed by atoms with Gasteiger partial charge in [-0.15, -0.1) is 0 Å². The molecule has 1 atom stereocenters. The predicted molar refractivity (Wildman–Crippen MR) is 90.6 cm³/mol. The molecule has 1 aromatic rings. The van der Waals surface area contributed by atoms with Crippen molar-refractivity contribution < 1.29 is 14.3 Å². The van der Waals surface area contributed by atoms with Gasteiger partial charge in [0.05, 0.1) is 11.5 Å². The van der Waals surface area contributed by atoms with Gasteiger partial charge < -0.3 is 20.5 Å². The Kier molecular flexibility index (Phi) is 6.02. The minimum Gasteiger partial charge on any atom is -0.491 e. The zero-order valence-corrected chi connectivity index (χ0v) is 14.4. The normalized spacial score (nSPS) is 18.3. The Hall–Kier alpha value is -1.59. The van der Waals surface area contributed by atoms with Crippen LogP contribution >= 0.6 is 0 Å². The first-order valence-electron chi connectivity index (χ1n) is 8.26. The third-order valence-electron chi connectivity index (χ3n) is 4.59. The van der Waals surface area contributed by atoms with Gasteiger partial charge in [0, 0.05) is 19.8 Å². The number of hydrogen-bond acceptors (Lipinski definition) is 4. The molecule has 0 spiro atoms. The lowest BCUT2D eigenvalue weighted by atomic mass is 9.79. The summed E-state index contributed by atoms with van der Waals surface area (Å²) in [4.78, 5) is 12.6. The number of para-hydroxylation sites is 1. The zero-order chi connectivity index (χ0) is 16.9. The fourth-order valence-electron chi connectivity index (χ4n) is 2.94. The fraction of sp³-hybridized carbons (Fsp3) is 0.611. The van der Waals surface area contributed by atoms with Gasteiger partial charge in [0.25, 0.3) is 0 Å². The lowest BCUT2D eigenvalue weighted by Gasteiger charge is -2.35. The van der Waals surface area contributed by atoms with Crippen molar-refractivity contribution in [1.29, 1.82) is 0 Å². The van der Waals surface area contributed by atoms with Crippen molar-refractivity contribution in [3.05, 3.63) is 29.3 Å². The summed E-state index contributed by atoms with van der Waals surface area (Å²) >= 11 is 0. The smallest absolute Gasteiger partial charge is 0.227 e. The van der Waals surface area contributed by atoms with Gasteiger partial charge in [0.2, 0.25) is 5.91 Å². The molecule has 1 aliphatic rings. The van der Waals surface area contributed by atoms with Gasteiger partial charge in [-0.3, -0.25) is 4.79 Å². The van der Waals surface area contributed by atoms with Gasteiger partial charge in [0.15, 0.2) is 0 Å². The van der Waals surface area contributed by atoms with Gasteiger partial charge in [-0.05, 0) is 44.7 Å². The maximum absolute atomic E-state index is 12.6. The van der Waals surface area contributed by atoms with Crippen LogP contribution in [0.25, 0.3) is 0 Å². The second kappa shape index (κ2) is 7.79. The molecule has 1 aliphatic heterocycles. The van der Waals surface area contributed by atoms with Crippen LogP contribution in [0.5, 0.6) is 5.75 Å². The summed E-state index contributed by atoms with van der Waals surface area (Å²) < 4.78 is 11.3. The quantitative estimate of drug-likeness (QED) is 0.840. The Bertz CT molecular complexity index is 519. The molecule has 0 aromatic heterocycles. The summed E-state index contributed by atoms with van der Waals surface area (Å²) in [7, 11) is 0. The molecule has 1 heterocycles. The van der Waals surface area contributed by atoms with E-state index in [2.05, 4.69) is 5.32 Å². The highest BCUT2D eigenvalue weighted by Crippen LogP contribution is 2.29. The maximum atomic E-state index is 12.6. The molecule has 0 aliphatic carbocycles. The van der Waals surface area contributed by atoms with Crippen LogP contribution in [0.4, 0.5) is 0 Å². The van der Waals surface area contributed by atoms with E-state index in [1.807, 2.05) is 39.0 Å². The van der Waals surface area contributed by atoms with E-state index in [-0.39, 0.29) is 11.9 Å². The molecule has 1 saturated heterocycles. The van der Waals surface area contributed by atoms with Crippen molar-refractivity contribution in [2.75, 3.05) is 26.4 Å². The fourth-order valence-corrected chi connectivity index (χ4v) is 2.94. The van der Waals surface area contributed by atoms with Crippen LogP contribution in [0.3, 0.4) is 0 Å². The maximum Gasteiger partial charge on any atom is 0.227 e. The van der Waals surface area contributed by atoms with Crippen LogP contribution < -0.4 is 15.8 Å². The molecule has 3 N–H and O–H groups in total. The molecule has 1 aromatic carbocycles. The van der Waals surface area contributed by atoms with Crippen LogP contribution in [-0.4, -0.2) is 38.3 Å². The largest absolute Gasteiger partial charge is 0.491 e. The molecule has 23 heavy (non-hydrogen) atoms. The number of carbonyl (C=O) groups is 1. The molecule has 0 radical (unpaired) electrons. The topological polar surface area (TPSA) is 73.6 Å². The lowest BCUT2D eigenvalue weighted by molar-refractivity contribution is -0.136. The lowest BCUT2D eigenvalue weighted by Crippen LogP contribution is -2.52.